The number of nitrogens with one attached hydrogen (secondary N) is 1. The molecule has 2 aliphatic heterocycles. The lowest BCUT2D eigenvalue weighted by molar-refractivity contribution is -0.114. The minimum atomic E-state index is -4.35. The van der Waals surface area contributed by atoms with Crippen molar-refractivity contribution in [2.24, 2.45) is 0 Å². The molecule has 5 rings (SSSR count). The summed E-state index contributed by atoms with van der Waals surface area (Å²) in [6, 6.07) is 14.7. The zero-order valence-corrected chi connectivity index (χ0v) is 23.8. The molecule has 3 aromatic rings. The Bertz CT molecular complexity index is 1620. The molecule has 41 heavy (non-hydrogen) atoms. The highest BCUT2D eigenvalue weighted by molar-refractivity contribution is 7.92. The molecule has 13 heteroatoms. The van der Waals surface area contributed by atoms with E-state index in [1.165, 1.54) is 65.0 Å². The van der Waals surface area contributed by atoms with E-state index in [0.717, 1.165) is 36.1 Å². The number of fused-ring (bicyclic) bond motifs is 1. The predicted octanol–water partition coefficient (Wildman–Crippen LogP) is 4.00. The van der Waals surface area contributed by atoms with E-state index < -0.39 is 38.3 Å². The van der Waals surface area contributed by atoms with Crippen LogP contribution in [0.25, 0.3) is 0 Å². The Morgan fingerprint density at radius 1 is 0.829 bits per heavy atom. The number of sulfonamides is 2. The van der Waals surface area contributed by atoms with Crippen LogP contribution in [-0.4, -0.2) is 59.9 Å². The standard InChI is InChI=1S/C28H30FN3O7S2/c29-21-6-5-7-23(18-21)32(41(36,37)25-12-13-26-27(19-25)39-17-16-38-26)20-28(33)30-22-8-10-24(11-9-22)40(34,35)31-14-3-1-2-4-15-31/h5-13,18-19H,1-4,14-17,20H2,(H,30,33). The van der Waals surface area contributed by atoms with Gasteiger partial charge in [0.05, 0.1) is 15.5 Å². The van der Waals surface area contributed by atoms with Gasteiger partial charge in [-0.15, -0.1) is 0 Å². The van der Waals surface area contributed by atoms with E-state index in [1.807, 2.05) is 0 Å². The maximum Gasteiger partial charge on any atom is 0.264 e. The van der Waals surface area contributed by atoms with Crippen LogP contribution in [0.1, 0.15) is 25.7 Å². The lowest BCUT2D eigenvalue weighted by Crippen LogP contribution is -2.38. The van der Waals surface area contributed by atoms with Gasteiger partial charge in [0.25, 0.3) is 10.0 Å². The molecule has 0 aliphatic carbocycles. The summed E-state index contributed by atoms with van der Waals surface area (Å²) < 4.78 is 80.9. The van der Waals surface area contributed by atoms with E-state index in [4.69, 9.17) is 9.47 Å². The molecule has 10 nitrogen and oxygen atoms in total. The Morgan fingerprint density at radius 2 is 1.49 bits per heavy atom. The van der Waals surface area contributed by atoms with Gasteiger partial charge in [0.1, 0.15) is 25.6 Å². The summed E-state index contributed by atoms with van der Waals surface area (Å²) in [7, 11) is -8.02. The van der Waals surface area contributed by atoms with Crippen LogP contribution < -0.4 is 19.1 Å². The molecule has 1 amide bonds. The number of hydrogen-bond acceptors (Lipinski definition) is 7. The molecule has 0 atom stereocenters. The molecule has 2 heterocycles. The number of halogens is 1. The average molecular weight is 604 g/mol. The first-order chi connectivity index (χ1) is 19.6. The maximum absolute atomic E-state index is 14.1. The monoisotopic (exact) mass is 603 g/mol. The van der Waals surface area contributed by atoms with Crippen LogP contribution in [0, 0.1) is 5.82 Å². The molecule has 0 radical (unpaired) electrons. The van der Waals surface area contributed by atoms with Gasteiger partial charge in [-0.1, -0.05) is 18.9 Å². The molecule has 2 aliphatic rings. The van der Waals surface area contributed by atoms with Crippen LogP contribution in [-0.2, 0) is 24.8 Å². The molecule has 0 saturated carbocycles. The van der Waals surface area contributed by atoms with Crippen LogP contribution >= 0.6 is 0 Å². The minimum absolute atomic E-state index is 0.0473. The van der Waals surface area contributed by atoms with Crippen LogP contribution in [0.2, 0.25) is 0 Å². The second-order valence-electron chi connectivity index (χ2n) is 9.69. The summed E-state index contributed by atoms with van der Waals surface area (Å²) in [5.41, 5.74) is 0.231. The van der Waals surface area contributed by atoms with Crippen molar-refractivity contribution in [3.63, 3.8) is 0 Å². The lowest BCUT2D eigenvalue weighted by Gasteiger charge is -2.25. The third-order valence-corrected chi connectivity index (χ3v) is 10.5. The summed E-state index contributed by atoms with van der Waals surface area (Å²) in [5, 5.41) is 2.61. The quantitative estimate of drug-likeness (QED) is 0.413. The Kier molecular flexibility index (Phi) is 8.47. The average Bonchev–Trinajstić information content (AvgIpc) is 3.26. The van der Waals surface area contributed by atoms with Gasteiger partial charge in [0, 0.05) is 24.8 Å². The van der Waals surface area contributed by atoms with Gasteiger partial charge in [-0.05, 0) is 67.4 Å². The van der Waals surface area contributed by atoms with Crippen molar-refractivity contribution in [1.29, 1.82) is 0 Å². The summed E-state index contributed by atoms with van der Waals surface area (Å²) >= 11 is 0. The number of rotatable bonds is 8. The number of carbonyl (C=O) groups excluding carboxylic acids is 1. The fourth-order valence-corrected chi connectivity index (χ4v) is 7.68. The Labute approximate surface area is 238 Å². The van der Waals surface area contributed by atoms with E-state index in [-0.39, 0.29) is 33.5 Å². The van der Waals surface area contributed by atoms with E-state index in [9.17, 15) is 26.0 Å². The third kappa shape index (κ3) is 6.47. The molecule has 0 spiro atoms. The van der Waals surface area contributed by atoms with Crippen molar-refractivity contribution in [3.8, 4) is 11.5 Å². The molecule has 1 saturated heterocycles. The molecule has 3 aromatic carbocycles. The number of ether oxygens (including phenoxy) is 2. The molecule has 218 valence electrons. The van der Waals surface area contributed by atoms with Crippen LogP contribution in [0.4, 0.5) is 15.8 Å². The van der Waals surface area contributed by atoms with Crippen molar-refractivity contribution >= 4 is 37.3 Å². The Hall–Kier alpha value is -3.68. The third-order valence-electron chi connectivity index (χ3n) is 6.83. The van der Waals surface area contributed by atoms with Crippen molar-refractivity contribution in [3.05, 3.63) is 72.5 Å². The fraction of sp³-hybridized carbons (Fsp3) is 0.321. The van der Waals surface area contributed by atoms with Crippen molar-refractivity contribution in [2.75, 3.05) is 42.5 Å². The molecule has 0 unspecified atom stereocenters. The van der Waals surface area contributed by atoms with Crippen molar-refractivity contribution in [1.82, 2.24) is 4.31 Å². The SMILES string of the molecule is O=C(CN(c1cccc(F)c1)S(=O)(=O)c1ccc2c(c1)OCCO2)Nc1ccc(S(=O)(=O)N2CCCCCC2)cc1. The van der Waals surface area contributed by atoms with Gasteiger partial charge in [0.2, 0.25) is 15.9 Å². The van der Waals surface area contributed by atoms with Gasteiger partial charge < -0.3 is 14.8 Å². The van der Waals surface area contributed by atoms with Crippen LogP contribution in [0.3, 0.4) is 0 Å². The van der Waals surface area contributed by atoms with Gasteiger partial charge in [-0.2, -0.15) is 4.31 Å². The van der Waals surface area contributed by atoms with E-state index in [0.29, 0.717) is 25.4 Å². The Morgan fingerprint density at radius 3 is 2.17 bits per heavy atom. The largest absolute Gasteiger partial charge is 0.486 e. The van der Waals surface area contributed by atoms with Crippen molar-refractivity contribution in [2.45, 2.75) is 35.5 Å². The normalized spacial score (nSPS) is 16.0. The highest BCUT2D eigenvalue weighted by atomic mass is 32.2. The van der Waals surface area contributed by atoms with E-state index >= 15 is 0 Å². The first kappa shape index (κ1) is 28.8. The van der Waals surface area contributed by atoms with Crippen molar-refractivity contribution < 1.29 is 35.5 Å². The number of benzene rings is 3. The predicted molar refractivity (Wildman–Crippen MR) is 151 cm³/mol. The number of amides is 1. The van der Waals surface area contributed by atoms with E-state index in [1.54, 1.807) is 0 Å². The van der Waals surface area contributed by atoms with Gasteiger partial charge in [-0.25, -0.2) is 21.2 Å². The molecule has 1 fully saturated rings. The number of carbonyl (C=O) groups is 1. The number of hydrogen-bond donors (Lipinski definition) is 1. The Balaban J connectivity index is 1.36. The minimum Gasteiger partial charge on any atom is -0.486 e. The smallest absolute Gasteiger partial charge is 0.264 e. The highest BCUT2D eigenvalue weighted by Crippen LogP contribution is 2.34. The number of nitrogens with zero attached hydrogens (tertiary/aromatic N) is 2. The molecule has 0 aromatic heterocycles. The topological polar surface area (TPSA) is 122 Å². The van der Waals surface area contributed by atoms with E-state index in [2.05, 4.69) is 5.32 Å². The summed E-state index contributed by atoms with van der Waals surface area (Å²) in [4.78, 5) is 13.0. The molecule has 1 N–H and O–H groups in total. The first-order valence-corrected chi connectivity index (χ1v) is 16.1. The summed E-state index contributed by atoms with van der Waals surface area (Å²) in [5.74, 6) is -0.743. The zero-order valence-electron chi connectivity index (χ0n) is 22.2. The summed E-state index contributed by atoms with van der Waals surface area (Å²) in [6.07, 6.45) is 3.61. The second kappa shape index (κ2) is 12.0. The second-order valence-corrected chi connectivity index (χ2v) is 13.5. The van der Waals surface area contributed by atoms with Crippen LogP contribution in [0.5, 0.6) is 11.5 Å². The maximum atomic E-state index is 14.1. The summed E-state index contributed by atoms with van der Waals surface area (Å²) in [6.45, 7) is 0.849. The zero-order chi connectivity index (χ0) is 29.0. The lowest BCUT2D eigenvalue weighted by atomic mass is 10.2. The number of anilines is 2. The first-order valence-electron chi connectivity index (χ1n) is 13.2. The fourth-order valence-electron chi connectivity index (χ4n) is 4.73. The van der Waals surface area contributed by atoms with Crippen LogP contribution in [0.15, 0.2) is 76.5 Å². The molecular formula is C28H30FN3O7S2. The molecular weight excluding hydrogens is 573 g/mol. The van der Waals surface area contributed by atoms with Gasteiger partial charge in [-0.3, -0.25) is 9.10 Å². The highest BCUT2D eigenvalue weighted by Gasteiger charge is 2.30. The van der Waals surface area contributed by atoms with Gasteiger partial charge >= 0.3 is 0 Å². The van der Waals surface area contributed by atoms with Gasteiger partial charge in [0.15, 0.2) is 11.5 Å². The molecule has 0 bridgehead atoms.